The van der Waals surface area contributed by atoms with Crippen molar-refractivity contribution >= 4 is 5.97 Å². The van der Waals surface area contributed by atoms with Gasteiger partial charge in [-0.1, -0.05) is 0 Å². The highest BCUT2D eigenvalue weighted by Crippen LogP contribution is 2.44. The second kappa shape index (κ2) is 4.27. The Labute approximate surface area is 118 Å². The molecule has 6 heteroatoms. The molecule has 0 aromatic heterocycles. The molecular formula is C14H20O6. The standard InChI is InChI=1S/C14H20O6/c1-13(2)17-8-6-7(12(15)16-5)9-11(10(8)19-13)20-14(3,4)18-9/h6,8-11H,1-5H3/t8-,9+,10-,11+/m0/s1. The second-order valence-corrected chi connectivity index (χ2v) is 6.20. The van der Waals surface area contributed by atoms with Crippen molar-refractivity contribution in [2.24, 2.45) is 0 Å². The van der Waals surface area contributed by atoms with Crippen molar-refractivity contribution in [3.05, 3.63) is 11.6 Å². The van der Waals surface area contributed by atoms with Crippen LogP contribution in [0.15, 0.2) is 11.6 Å². The minimum Gasteiger partial charge on any atom is -0.466 e. The van der Waals surface area contributed by atoms with Gasteiger partial charge in [-0.3, -0.25) is 0 Å². The van der Waals surface area contributed by atoms with Gasteiger partial charge < -0.3 is 23.7 Å². The summed E-state index contributed by atoms with van der Waals surface area (Å²) < 4.78 is 28.3. The summed E-state index contributed by atoms with van der Waals surface area (Å²) in [6, 6.07) is 0. The SMILES string of the molecule is COC(=O)C1=C[C@@H]2OC(C)(C)O[C@@H]2[C@@H]2OC(C)(C)O[C@H]12. The van der Waals surface area contributed by atoms with Gasteiger partial charge in [-0.2, -0.15) is 0 Å². The zero-order valence-electron chi connectivity index (χ0n) is 12.3. The maximum atomic E-state index is 11.9. The van der Waals surface area contributed by atoms with Gasteiger partial charge in [0.25, 0.3) is 0 Å². The molecule has 0 unspecified atom stereocenters. The largest absolute Gasteiger partial charge is 0.466 e. The molecule has 112 valence electrons. The summed E-state index contributed by atoms with van der Waals surface area (Å²) in [5, 5.41) is 0. The van der Waals surface area contributed by atoms with Gasteiger partial charge in [-0.15, -0.1) is 0 Å². The van der Waals surface area contributed by atoms with E-state index in [1.165, 1.54) is 7.11 Å². The molecule has 2 saturated heterocycles. The average molecular weight is 284 g/mol. The summed E-state index contributed by atoms with van der Waals surface area (Å²) >= 11 is 0. The number of ether oxygens (including phenoxy) is 5. The van der Waals surface area contributed by atoms with E-state index in [2.05, 4.69) is 0 Å². The van der Waals surface area contributed by atoms with E-state index in [1.807, 2.05) is 27.7 Å². The summed E-state index contributed by atoms with van der Waals surface area (Å²) in [6.45, 7) is 7.31. The van der Waals surface area contributed by atoms with E-state index >= 15 is 0 Å². The fourth-order valence-electron chi connectivity index (χ4n) is 3.04. The highest BCUT2D eigenvalue weighted by Gasteiger charge is 2.58. The summed E-state index contributed by atoms with van der Waals surface area (Å²) in [7, 11) is 1.35. The lowest BCUT2D eigenvalue weighted by molar-refractivity contribution is -0.175. The lowest BCUT2D eigenvalue weighted by Gasteiger charge is -2.29. The van der Waals surface area contributed by atoms with Gasteiger partial charge in [0.15, 0.2) is 11.6 Å². The maximum Gasteiger partial charge on any atom is 0.336 e. The Bertz CT molecular complexity index is 466. The topological polar surface area (TPSA) is 63.2 Å². The van der Waals surface area contributed by atoms with Crippen LogP contribution in [0, 0.1) is 0 Å². The van der Waals surface area contributed by atoms with Crippen LogP contribution in [-0.2, 0) is 28.5 Å². The molecule has 0 aromatic rings. The third kappa shape index (κ3) is 2.16. The molecule has 2 heterocycles. The Morgan fingerprint density at radius 2 is 1.65 bits per heavy atom. The van der Waals surface area contributed by atoms with Crippen LogP contribution in [0.3, 0.4) is 0 Å². The number of hydrogen-bond acceptors (Lipinski definition) is 6. The van der Waals surface area contributed by atoms with Crippen LogP contribution in [0.4, 0.5) is 0 Å². The first-order valence-electron chi connectivity index (χ1n) is 6.74. The first-order valence-corrected chi connectivity index (χ1v) is 6.74. The molecule has 2 fully saturated rings. The van der Waals surface area contributed by atoms with Crippen molar-refractivity contribution in [2.45, 2.75) is 63.7 Å². The van der Waals surface area contributed by atoms with Gasteiger partial charge in [-0.25, -0.2) is 4.79 Å². The van der Waals surface area contributed by atoms with Crippen LogP contribution in [0.2, 0.25) is 0 Å². The van der Waals surface area contributed by atoms with E-state index < -0.39 is 23.6 Å². The molecular weight excluding hydrogens is 264 g/mol. The van der Waals surface area contributed by atoms with Crippen LogP contribution in [0.25, 0.3) is 0 Å². The van der Waals surface area contributed by atoms with Gasteiger partial charge in [0.05, 0.1) is 12.7 Å². The second-order valence-electron chi connectivity index (χ2n) is 6.20. The molecule has 4 atom stereocenters. The average Bonchev–Trinajstić information content (AvgIpc) is 2.81. The number of fused-ring (bicyclic) bond motifs is 3. The van der Waals surface area contributed by atoms with Crippen molar-refractivity contribution < 1.29 is 28.5 Å². The molecule has 0 aromatic carbocycles. The Kier molecular flexibility index (Phi) is 2.99. The third-order valence-corrected chi connectivity index (χ3v) is 3.69. The molecule has 3 rings (SSSR count). The van der Waals surface area contributed by atoms with Crippen LogP contribution in [-0.4, -0.2) is 49.1 Å². The van der Waals surface area contributed by atoms with E-state index in [1.54, 1.807) is 6.08 Å². The number of hydrogen-bond donors (Lipinski definition) is 0. The Morgan fingerprint density at radius 3 is 2.30 bits per heavy atom. The highest BCUT2D eigenvalue weighted by atomic mass is 16.8. The normalized spacial score (nSPS) is 40.8. The molecule has 2 aliphatic heterocycles. The zero-order chi connectivity index (χ0) is 14.7. The van der Waals surface area contributed by atoms with Gasteiger partial charge in [0.1, 0.15) is 24.4 Å². The van der Waals surface area contributed by atoms with Crippen molar-refractivity contribution in [3.63, 3.8) is 0 Å². The predicted octanol–water partition coefficient (Wildman–Crippen LogP) is 1.14. The molecule has 0 bridgehead atoms. The smallest absolute Gasteiger partial charge is 0.336 e. The van der Waals surface area contributed by atoms with Gasteiger partial charge in [0.2, 0.25) is 0 Å². The summed E-state index contributed by atoms with van der Waals surface area (Å²) in [5.74, 6) is -1.90. The lowest BCUT2D eigenvalue weighted by Crippen LogP contribution is -2.47. The lowest BCUT2D eigenvalue weighted by atomic mass is 9.89. The van der Waals surface area contributed by atoms with E-state index in [4.69, 9.17) is 23.7 Å². The van der Waals surface area contributed by atoms with Gasteiger partial charge in [-0.05, 0) is 33.8 Å². The highest BCUT2D eigenvalue weighted by molar-refractivity contribution is 5.90. The number of esters is 1. The maximum absolute atomic E-state index is 11.9. The monoisotopic (exact) mass is 284 g/mol. The number of methoxy groups -OCH3 is 1. The molecule has 3 aliphatic rings. The van der Waals surface area contributed by atoms with Gasteiger partial charge >= 0.3 is 5.97 Å². The van der Waals surface area contributed by atoms with Crippen LogP contribution >= 0.6 is 0 Å². The van der Waals surface area contributed by atoms with E-state index in [0.717, 1.165) is 0 Å². The number of rotatable bonds is 1. The fraction of sp³-hybridized carbons (Fsp3) is 0.786. The van der Waals surface area contributed by atoms with Crippen molar-refractivity contribution in [2.75, 3.05) is 7.11 Å². The minimum absolute atomic E-state index is 0.287. The molecule has 0 N–H and O–H groups in total. The van der Waals surface area contributed by atoms with E-state index in [0.29, 0.717) is 5.57 Å². The molecule has 0 saturated carbocycles. The molecule has 0 spiro atoms. The summed E-state index contributed by atoms with van der Waals surface area (Å²) in [6.07, 6.45) is 0.243. The Morgan fingerprint density at radius 1 is 1.05 bits per heavy atom. The predicted molar refractivity (Wildman–Crippen MR) is 67.7 cm³/mol. The van der Waals surface area contributed by atoms with E-state index in [9.17, 15) is 4.79 Å². The molecule has 20 heavy (non-hydrogen) atoms. The number of carbonyl (C=O) groups excluding carboxylic acids is 1. The van der Waals surface area contributed by atoms with E-state index in [-0.39, 0.29) is 18.3 Å². The quantitative estimate of drug-likeness (QED) is 0.673. The first-order chi connectivity index (χ1) is 9.22. The molecule has 0 radical (unpaired) electrons. The summed E-state index contributed by atoms with van der Waals surface area (Å²) in [4.78, 5) is 11.9. The fourth-order valence-corrected chi connectivity index (χ4v) is 3.04. The zero-order valence-corrected chi connectivity index (χ0v) is 12.3. The number of carbonyl (C=O) groups is 1. The minimum atomic E-state index is -0.770. The summed E-state index contributed by atoms with van der Waals surface area (Å²) in [5.41, 5.74) is 0.436. The molecule has 6 nitrogen and oxygen atoms in total. The van der Waals surface area contributed by atoms with Crippen molar-refractivity contribution in [1.29, 1.82) is 0 Å². The van der Waals surface area contributed by atoms with Crippen molar-refractivity contribution in [1.82, 2.24) is 0 Å². The van der Waals surface area contributed by atoms with Gasteiger partial charge in [0, 0.05) is 0 Å². The van der Waals surface area contributed by atoms with Crippen molar-refractivity contribution in [3.8, 4) is 0 Å². The molecule has 1 aliphatic carbocycles. The Hall–Kier alpha value is -0.950. The Balaban J connectivity index is 1.98. The van der Waals surface area contributed by atoms with Crippen LogP contribution in [0.5, 0.6) is 0 Å². The first kappa shape index (κ1) is 14.0. The third-order valence-electron chi connectivity index (χ3n) is 3.69. The van der Waals surface area contributed by atoms with Crippen LogP contribution in [0.1, 0.15) is 27.7 Å². The van der Waals surface area contributed by atoms with Crippen LogP contribution < -0.4 is 0 Å². The molecule has 0 amide bonds.